The van der Waals surface area contributed by atoms with Crippen molar-refractivity contribution in [3.05, 3.63) is 53.6 Å². The van der Waals surface area contributed by atoms with Crippen LogP contribution in [0.15, 0.2) is 36.7 Å². The minimum Gasteiger partial charge on any atom is -0.497 e. The van der Waals surface area contributed by atoms with Crippen molar-refractivity contribution in [2.75, 3.05) is 20.8 Å². The number of hydrogen-bond donors (Lipinski definition) is 1. The van der Waals surface area contributed by atoms with Crippen molar-refractivity contribution in [3.63, 3.8) is 0 Å². The van der Waals surface area contributed by atoms with Crippen LogP contribution in [0.4, 0.5) is 0 Å². The molecule has 4 atom stereocenters. The van der Waals surface area contributed by atoms with E-state index in [9.17, 15) is 0 Å². The minimum atomic E-state index is 0.541. The van der Waals surface area contributed by atoms with Gasteiger partial charge in [-0.2, -0.15) is 0 Å². The third-order valence-corrected chi connectivity index (χ3v) is 6.27. The summed E-state index contributed by atoms with van der Waals surface area (Å²) in [5.41, 5.74) is 2.58. The van der Waals surface area contributed by atoms with Crippen molar-refractivity contribution >= 4 is 0 Å². The van der Waals surface area contributed by atoms with Crippen LogP contribution < -0.4 is 10.1 Å². The molecule has 4 rings (SSSR count). The fourth-order valence-corrected chi connectivity index (χ4v) is 4.89. The van der Waals surface area contributed by atoms with Crippen LogP contribution >= 0.6 is 0 Å². The van der Waals surface area contributed by atoms with E-state index in [1.54, 1.807) is 14.2 Å². The van der Waals surface area contributed by atoms with Crippen LogP contribution in [0.25, 0.3) is 0 Å². The highest BCUT2D eigenvalue weighted by atomic mass is 16.5. The molecule has 0 unspecified atom stereocenters. The van der Waals surface area contributed by atoms with Crippen LogP contribution in [0, 0.1) is 11.8 Å². The van der Waals surface area contributed by atoms with E-state index in [4.69, 9.17) is 9.47 Å². The molecule has 27 heavy (non-hydrogen) atoms. The topological polar surface area (TPSA) is 56.3 Å². The Morgan fingerprint density at radius 3 is 2.48 bits per heavy atom. The van der Waals surface area contributed by atoms with E-state index < -0.39 is 0 Å². The predicted octanol–water partition coefficient (Wildman–Crippen LogP) is 3.35. The summed E-state index contributed by atoms with van der Waals surface area (Å²) in [4.78, 5) is 8.91. The number of fused-ring (bicyclic) bond motifs is 1. The first kappa shape index (κ1) is 18.4. The van der Waals surface area contributed by atoms with Crippen molar-refractivity contribution in [1.82, 2.24) is 15.3 Å². The molecule has 0 spiro atoms. The lowest BCUT2D eigenvalue weighted by Gasteiger charge is -2.50. The van der Waals surface area contributed by atoms with Gasteiger partial charge in [0.25, 0.3) is 0 Å². The lowest BCUT2D eigenvalue weighted by molar-refractivity contribution is 0.0940. The van der Waals surface area contributed by atoms with Crippen LogP contribution in [0.2, 0.25) is 0 Å². The van der Waals surface area contributed by atoms with E-state index in [1.807, 2.05) is 12.4 Å². The Hall–Kier alpha value is -1.98. The van der Waals surface area contributed by atoms with Gasteiger partial charge in [-0.25, -0.2) is 9.97 Å². The summed E-state index contributed by atoms with van der Waals surface area (Å²) in [5.74, 6) is 4.00. The van der Waals surface area contributed by atoms with Gasteiger partial charge in [0.1, 0.15) is 11.6 Å². The van der Waals surface area contributed by atoms with E-state index in [0.29, 0.717) is 18.6 Å². The molecule has 1 N–H and O–H groups in total. The number of nitrogens with zero attached hydrogens (tertiary/aromatic N) is 2. The van der Waals surface area contributed by atoms with E-state index in [1.165, 1.54) is 24.8 Å². The van der Waals surface area contributed by atoms with Crippen molar-refractivity contribution in [2.45, 2.75) is 44.2 Å². The highest BCUT2D eigenvalue weighted by Gasteiger charge is 2.52. The summed E-state index contributed by atoms with van der Waals surface area (Å²) in [6.07, 6.45) is 8.71. The summed E-state index contributed by atoms with van der Waals surface area (Å²) in [7, 11) is 3.42. The minimum absolute atomic E-state index is 0.541. The Morgan fingerprint density at radius 2 is 1.78 bits per heavy atom. The Kier molecular flexibility index (Phi) is 5.69. The quantitative estimate of drug-likeness (QED) is 0.775. The maximum absolute atomic E-state index is 5.32. The molecule has 2 aromatic rings. The third kappa shape index (κ3) is 3.85. The SMILES string of the molecule is COCCc1ncc(CN[C@@H]2[C@@H]3CCC[C@H]3[C@H]2c2ccc(OC)cc2)cn1. The zero-order valence-corrected chi connectivity index (χ0v) is 16.2. The van der Waals surface area contributed by atoms with E-state index >= 15 is 0 Å². The average molecular weight is 367 g/mol. The molecule has 0 aliphatic heterocycles. The second-order valence-electron chi connectivity index (χ2n) is 7.71. The summed E-state index contributed by atoms with van der Waals surface area (Å²) in [5, 5.41) is 3.81. The summed E-state index contributed by atoms with van der Waals surface area (Å²) < 4.78 is 10.4. The monoisotopic (exact) mass is 367 g/mol. The maximum atomic E-state index is 5.32. The molecule has 1 heterocycles. The lowest BCUT2D eigenvalue weighted by Crippen LogP contribution is -2.54. The second-order valence-corrected chi connectivity index (χ2v) is 7.71. The third-order valence-electron chi connectivity index (χ3n) is 6.27. The molecule has 0 radical (unpaired) electrons. The van der Waals surface area contributed by atoms with Crippen molar-refractivity contribution in [3.8, 4) is 5.75 Å². The van der Waals surface area contributed by atoms with Crippen LogP contribution in [-0.2, 0) is 17.7 Å². The number of nitrogens with one attached hydrogen (secondary N) is 1. The van der Waals surface area contributed by atoms with Crippen LogP contribution in [0.3, 0.4) is 0 Å². The van der Waals surface area contributed by atoms with Gasteiger partial charge in [0.05, 0.1) is 13.7 Å². The summed E-state index contributed by atoms with van der Waals surface area (Å²) in [6, 6.07) is 9.18. The van der Waals surface area contributed by atoms with Gasteiger partial charge in [-0.3, -0.25) is 0 Å². The van der Waals surface area contributed by atoms with Gasteiger partial charge in [-0.15, -0.1) is 0 Å². The molecular weight excluding hydrogens is 338 g/mol. The first-order valence-electron chi connectivity index (χ1n) is 9.96. The molecule has 1 aromatic heterocycles. The van der Waals surface area contributed by atoms with Crippen molar-refractivity contribution in [2.24, 2.45) is 11.8 Å². The van der Waals surface area contributed by atoms with E-state index in [2.05, 4.69) is 39.6 Å². The molecule has 1 aromatic carbocycles. The predicted molar refractivity (Wildman–Crippen MR) is 105 cm³/mol. The fraction of sp³-hybridized carbons (Fsp3) is 0.545. The Labute approximate surface area is 161 Å². The largest absolute Gasteiger partial charge is 0.497 e. The fourth-order valence-electron chi connectivity index (χ4n) is 4.89. The Bertz CT molecular complexity index is 732. The smallest absolute Gasteiger partial charge is 0.130 e. The molecule has 144 valence electrons. The van der Waals surface area contributed by atoms with Gasteiger partial charge in [-0.1, -0.05) is 18.6 Å². The van der Waals surface area contributed by atoms with Crippen molar-refractivity contribution < 1.29 is 9.47 Å². The average Bonchev–Trinajstić information content (AvgIpc) is 3.11. The van der Waals surface area contributed by atoms with Gasteiger partial charge < -0.3 is 14.8 Å². The van der Waals surface area contributed by atoms with Crippen molar-refractivity contribution in [1.29, 1.82) is 0 Å². The first-order chi connectivity index (χ1) is 13.3. The molecule has 2 aliphatic carbocycles. The maximum Gasteiger partial charge on any atom is 0.130 e. The molecule has 2 fully saturated rings. The molecule has 5 nitrogen and oxygen atoms in total. The molecule has 0 saturated heterocycles. The summed E-state index contributed by atoms with van der Waals surface area (Å²) >= 11 is 0. The van der Waals surface area contributed by atoms with Gasteiger partial charge in [0, 0.05) is 50.0 Å². The van der Waals surface area contributed by atoms with Gasteiger partial charge in [0.15, 0.2) is 0 Å². The highest BCUT2D eigenvalue weighted by molar-refractivity contribution is 5.34. The number of rotatable bonds is 8. The first-order valence-corrected chi connectivity index (χ1v) is 9.96. The number of hydrogen-bond acceptors (Lipinski definition) is 5. The Morgan fingerprint density at radius 1 is 1.04 bits per heavy atom. The Balaban J connectivity index is 1.40. The summed E-state index contributed by atoms with van der Waals surface area (Å²) in [6.45, 7) is 1.48. The molecule has 2 saturated carbocycles. The standard InChI is InChI=1S/C22H29N3O2/c1-26-11-10-20-23-12-15(13-24-20)14-25-22-19-5-3-4-18(19)21(22)16-6-8-17(27-2)9-7-16/h6-9,12-13,18-19,21-22,25H,3-5,10-11,14H2,1-2H3/t18-,19-,21-,22-/m1/s1. The molecule has 5 heteroatoms. The van der Waals surface area contributed by atoms with Gasteiger partial charge in [-0.05, 0) is 42.4 Å². The highest BCUT2D eigenvalue weighted by Crippen LogP contribution is 2.56. The second kappa shape index (κ2) is 8.36. The van der Waals surface area contributed by atoms with Crippen LogP contribution in [0.1, 0.15) is 42.1 Å². The zero-order chi connectivity index (χ0) is 18.6. The molecule has 2 aliphatic rings. The number of methoxy groups -OCH3 is 2. The normalized spacial score (nSPS) is 26.4. The molecule has 0 bridgehead atoms. The number of aromatic nitrogens is 2. The number of ether oxygens (including phenoxy) is 2. The van der Waals surface area contributed by atoms with Gasteiger partial charge >= 0.3 is 0 Å². The van der Waals surface area contributed by atoms with Crippen LogP contribution in [0.5, 0.6) is 5.75 Å². The zero-order valence-electron chi connectivity index (χ0n) is 16.2. The van der Waals surface area contributed by atoms with E-state index in [-0.39, 0.29) is 0 Å². The van der Waals surface area contributed by atoms with E-state index in [0.717, 1.165) is 41.9 Å². The van der Waals surface area contributed by atoms with Gasteiger partial charge in [0.2, 0.25) is 0 Å². The van der Waals surface area contributed by atoms with Crippen LogP contribution in [-0.4, -0.2) is 36.8 Å². The molecule has 0 amide bonds. The number of benzene rings is 1. The molecular formula is C22H29N3O2. The lowest BCUT2D eigenvalue weighted by atomic mass is 9.60.